The van der Waals surface area contributed by atoms with E-state index in [2.05, 4.69) is 31.2 Å². The summed E-state index contributed by atoms with van der Waals surface area (Å²) in [7, 11) is 1.68. The van der Waals surface area contributed by atoms with Gasteiger partial charge in [-0.2, -0.15) is 5.10 Å². The Morgan fingerprint density at radius 1 is 1.35 bits per heavy atom. The zero-order valence-corrected chi connectivity index (χ0v) is 10.6. The number of hydrogen-bond donors (Lipinski definition) is 0. The number of methoxy groups -OCH3 is 1. The average molecular weight is 230 g/mol. The van der Waals surface area contributed by atoms with Crippen molar-refractivity contribution in [1.82, 2.24) is 9.78 Å². The summed E-state index contributed by atoms with van der Waals surface area (Å²) in [5, 5.41) is 4.36. The van der Waals surface area contributed by atoms with Gasteiger partial charge < -0.3 is 4.74 Å². The Morgan fingerprint density at radius 2 is 2.18 bits per heavy atom. The Balaban J connectivity index is 2.13. The zero-order valence-electron chi connectivity index (χ0n) is 10.6. The standard InChI is InChI=1S/C14H18N2O/c1-11(2)13-8-15-16(10-13)9-12-5-4-6-14(7-12)17-3/h4-8,10-11H,9H2,1-3H3. The largest absolute Gasteiger partial charge is 0.497 e. The molecule has 0 aliphatic heterocycles. The molecular weight excluding hydrogens is 212 g/mol. The topological polar surface area (TPSA) is 27.1 Å². The molecular formula is C14H18N2O. The van der Waals surface area contributed by atoms with Crippen LogP contribution in [-0.4, -0.2) is 16.9 Å². The van der Waals surface area contributed by atoms with E-state index in [1.54, 1.807) is 7.11 Å². The van der Waals surface area contributed by atoms with E-state index in [0.29, 0.717) is 5.92 Å². The Morgan fingerprint density at radius 3 is 2.82 bits per heavy atom. The molecule has 0 saturated carbocycles. The highest BCUT2D eigenvalue weighted by Crippen LogP contribution is 2.15. The fourth-order valence-corrected chi connectivity index (χ4v) is 1.72. The molecule has 0 spiro atoms. The highest BCUT2D eigenvalue weighted by Gasteiger charge is 2.03. The van der Waals surface area contributed by atoms with Crippen LogP contribution in [0.15, 0.2) is 36.7 Å². The number of rotatable bonds is 4. The molecule has 0 aliphatic rings. The van der Waals surface area contributed by atoms with Crippen LogP contribution in [-0.2, 0) is 6.54 Å². The van der Waals surface area contributed by atoms with Crippen molar-refractivity contribution in [3.63, 3.8) is 0 Å². The van der Waals surface area contributed by atoms with Crippen LogP contribution in [0.3, 0.4) is 0 Å². The maximum Gasteiger partial charge on any atom is 0.119 e. The van der Waals surface area contributed by atoms with Gasteiger partial charge in [-0.1, -0.05) is 26.0 Å². The first-order valence-electron chi connectivity index (χ1n) is 5.84. The number of nitrogens with zero attached hydrogens (tertiary/aromatic N) is 2. The van der Waals surface area contributed by atoms with E-state index < -0.39 is 0 Å². The Kier molecular flexibility index (Phi) is 3.47. The second-order valence-electron chi connectivity index (χ2n) is 4.48. The maximum absolute atomic E-state index is 5.21. The minimum Gasteiger partial charge on any atom is -0.497 e. The third-order valence-electron chi connectivity index (χ3n) is 2.80. The van der Waals surface area contributed by atoms with Gasteiger partial charge in [-0.15, -0.1) is 0 Å². The average Bonchev–Trinajstić information content (AvgIpc) is 2.78. The highest BCUT2D eigenvalue weighted by molar-refractivity contribution is 5.28. The molecule has 0 aliphatic carbocycles. The molecule has 0 saturated heterocycles. The summed E-state index contributed by atoms with van der Waals surface area (Å²) in [5.41, 5.74) is 2.47. The van der Waals surface area contributed by atoms with Crippen molar-refractivity contribution in [2.24, 2.45) is 0 Å². The van der Waals surface area contributed by atoms with Gasteiger partial charge in [0.15, 0.2) is 0 Å². The molecule has 2 aromatic rings. The summed E-state index contributed by atoms with van der Waals surface area (Å²) in [6, 6.07) is 8.07. The van der Waals surface area contributed by atoms with Crippen LogP contribution in [0.1, 0.15) is 30.9 Å². The Bertz CT molecular complexity index is 488. The van der Waals surface area contributed by atoms with Crippen molar-refractivity contribution in [2.45, 2.75) is 26.3 Å². The van der Waals surface area contributed by atoms with E-state index in [1.807, 2.05) is 29.1 Å². The van der Waals surface area contributed by atoms with Crippen molar-refractivity contribution in [3.8, 4) is 5.75 Å². The lowest BCUT2D eigenvalue weighted by atomic mass is 10.1. The Labute approximate surface area is 102 Å². The fraction of sp³-hybridized carbons (Fsp3) is 0.357. The van der Waals surface area contributed by atoms with Gasteiger partial charge in [-0.3, -0.25) is 4.68 Å². The smallest absolute Gasteiger partial charge is 0.119 e. The lowest BCUT2D eigenvalue weighted by Gasteiger charge is -2.04. The van der Waals surface area contributed by atoms with E-state index in [1.165, 1.54) is 11.1 Å². The third-order valence-corrected chi connectivity index (χ3v) is 2.80. The van der Waals surface area contributed by atoms with Gasteiger partial charge in [-0.05, 0) is 29.2 Å². The summed E-state index contributed by atoms with van der Waals surface area (Å²) in [5.74, 6) is 1.41. The van der Waals surface area contributed by atoms with Crippen molar-refractivity contribution in [3.05, 3.63) is 47.8 Å². The number of ether oxygens (including phenoxy) is 1. The van der Waals surface area contributed by atoms with Crippen LogP contribution in [0.25, 0.3) is 0 Å². The second-order valence-corrected chi connectivity index (χ2v) is 4.48. The summed E-state index contributed by atoms with van der Waals surface area (Å²) < 4.78 is 7.17. The first-order chi connectivity index (χ1) is 8.19. The predicted octanol–water partition coefficient (Wildman–Crippen LogP) is 3.06. The number of hydrogen-bond acceptors (Lipinski definition) is 2. The lowest BCUT2D eigenvalue weighted by molar-refractivity contribution is 0.414. The van der Waals surface area contributed by atoms with Gasteiger partial charge in [0.2, 0.25) is 0 Å². The van der Waals surface area contributed by atoms with Crippen molar-refractivity contribution >= 4 is 0 Å². The van der Waals surface area contributed by atoms with Crippen molar-refractivity contribution in [1.29, 1.82) is 0 Å². The minimum absolute atomic E-state index is 0.522. The van der Waals surface area contributed by atoms with E-state index in [9.17, 15) is 0 Å². The van der Waals surface area contributed by atoms with Gasteiger partial charge in [0.1, 0.15) is 5.75 Å². The van der Waals surface area contributed by atoms with E-state index >= 15 is 0 Å². The first kappa shape index (κ1) is 11.7. The quantitative estimate of drug-likeness (QED) is 0.807. The first-order valence-corrected chi connectivity index (χ1v) is 5.84. The van der Waals surface area contributed by atoms with E-state index in [4.69, 9.17) is 4.74 Å². The molecule has 0 atom stereocenters. The van der Waals surface area contributed by atoms with Crippen molar-refractivity contribution in [2.75, 3.05) is 7.11 Å². The molecule has 0 unspecified atom stereocenters. The van der Waals surface area contributed by atoms with Gasteiger partial charge in [0.05, 0.1) is 19.9 Å². The summed E-state index contributed by atoms with van der Waals surface area (Å²) in [6.45, 7) is 5.13. The van der Waals surface area contributed by atoms with Gasteiger partial charge in [0.25, 0.3) is 0 Å². The highest BCUT2D eigenvalue weighted by atomic mass is 16.5. The molecule has 1 aromatic heterocycles. The van der Waals surface area contributed by atoms with Crippen LogP contribution < -0.4 is 4.74 Å². The zero-order chi connectivity index (χ0) is 12.3. The van der Waals surface area contributed by atoms with Crippen LogP contribution in [0, 0.1) is 0 Å². The lowest BCUT2D eigenvalue weighted by Crippen LogP contribution is -2.00. The fourth-order valence-electron chi connectivity index (χ4n) is 1.72. The van der Waals surface area contributed by atoms with Gasteiger partial charge in [0, 0.05) is 6.20 Å². The van der Waals surface area contributed by atoms with Crippen LogP contribution in [0.4, 0.5) is 0 Å². The van der Waals surface area contributed by atoms with E-state index in [0.717, 1.165) is 12.3 Å². The molecule has 0 amide bonds. The van der Waals surface area contributed by atoms with Crippen LogP contribution in [0.5, 0.6) is 5.75 Å². The molecule has 0 radical (unpaired) electrons. The van der Waals surface area contributed by atoms with Gasteiger partial charge >= 0.3 is 0 Å². The molecule has 3 nitrogen and oxygen atoms in total. The van der Waals surface area contributed by atoms with Crippen LogP contribution >= 0.6 is 0 Å². The predicted molar refractivity (Wildman–Crippen MR) is 68.4 cm³/mol. The second kappa shape index (κ2) is 5.04. The molecule has 0 bridgehead atoms. The molecule has 90 valence electrons. The third kappa shape index (κ3) is 2.87. The molecule has 17 heavy (non-hydrogen) atoms. The number of aromatic nitrogens is 2. The normalized spacial score (nSPS) is 10.8. The molecule has 0 N–H and O–H groups in total. The summed E-state index contributed by atoms with van der Waals surface area (Å²) >= 11 is 0. The SMILES string of the molecule is COc1cccc(Cn2cc(C(C)C)cn2)c1. The van der Waals surface area contributed by atoms with E-state index in [-0.39, 0.29) is 0 Å². The van der Waals surface area contributed by atoms with Gasteiger partial charge in [-0.25, -0.2) is 0 Å². The molecule has 1 heterocycles. The summed E-state index contributed by atoms with van der Waals surface area (Å²) in [4.78, 5) is 0. The number of benzene rings is 1. The molecule has 2 rings (SSSR count). The molecule has 0 fully saturated rings. The van der Waals surface area contributed by atoms with Crippen molar-refractivity contribution < 1.29 is 4.74 Å². The maximum atomic E-state index is 5.21. The minimum atomic E-state index is 0.522. The monoisotopic (exact) mass is 230 g/mol. The van der Waals surface area contributed by atoms with Crippen LogP contribution in [0.2, 0.25) is 0 Å². The molecule has 1 aromatic carbocycles. The Hall–Kier alpha value is -1.77. The molecule has 3 heteroatoms. The summed E-state index contributed by atoms with van der Waals surface area (Å²) in [6.07, 6.45) is 4.04.